The van der Waals surface area contributed by atoms with Gasteiger partial charge in [-0.15, -0.1) is 0 Å². The molecule has 0 saturated carbocycles. The maximum atomic E-state index is 13.6. The molecule has 3 aromatic carbocycles. The van der Waals surface area contributed by atoms with Gasteiger partial charge < -0.3 is 19.5 Å². The van der Waals surface area contributed by atoms with E-state index in [2.05, 4.69) is 10.6 Å². The zero-order chi connectivity index (χ0) is 23.8. The van der Waals surface area contributed by atoms with E-state index in [9.17, 15) is 14.0 Å². The predicted molar refractivity (Wildman–Crippen MR) is 129 cm³/mol. The number of ketones is 1. The summed E-state index contributed by atoms with van der Waals surface area (Å²) >= 11 is 6.01. The Morgan fingerprint density at radius 2 is 1.68 bits per heavy atom. The second-order valence-electron chi connectivity index (χ2n) is 7.74. The number of fused-ring (bicyclic) bond motifs is 2. The first kappa shape index (κ1) is 21.7. The largest absolute Gasteiger partial charge is 0.453 e. The number of halogens is 2. The summed E-state index contributed by atoms with van der Waals surface area (Å²) in [5, 5.41) is 7.45. The van der Waals surface area contributed by atoms with E-state index in [0.29, 0.717) is 43.9 Å². The van der Waals surface area contributed by atoms with Crippen molar-refractivity contribution in [3.8, 4) is 0 Å². The van der Waals surface area contributed by atoms with Crippen molar-refractivity contribution in [2.45, 2.75) is 6.92 Å². The lowest BCUT2D eigenvalue weighted by Crippen LogP contribution is -2.18. The average Bonchev–Trinajstić information content (AvgIpc) is 3.35. The molecule has 1 amide bonds. The highest BCUT2D eigenvalue weighted by Crippen LogP contribution is 2.32. The van der Waals surface area contributed by atoms with E-state index >= 15 is 0 Å². The van der Waals surface area contributed by atoms with Gasteiger partial charge in [-0.1, -0.05) is 29.8 Å². The fourth-order valence-electron chi connectivity index (χ4n) is 3.84. The molecule has 0 radical (unpaired) electrons. The summed E-state index contributed by atoms with van der Waals surface area (Å²) < 4.78 is 25.1. The molecule has 34 heavy (non-hydrogen) atoms. The molecule has 2 N–H and O–H groups in total. The molecule has 0 aliphatic rings. The van der Waals surface area contributed by atoms with Gasteiger partial charge in [-0.2, -0.15) is 0 Å². The SMILES string of the molecule is Cc1c(C(=O)CNc2c(C(=O)Nc3cccc(Cl)c3)oc3ccccc23)oc2ccc(F)cc12. The second-order valence-corrected chi connectivity index (χ2v) is 8.18. The van der Waals surface area contributed by atoms with E-state index in [4.69, 9.17) is 20.4 Å². The Morgan fingerprint density at radius 3 is 2.50 bits per heavy atom. The van der Waals surface area contributed by atoms with E-state index in [1.54, 1.807) is 55.5 Å². The maximum absolute atomic E-state index is 13.6. The number of aryl methyl sites for hydroxylation is 1. The van der Waals surface area contributed by atoms with Gasteiger partial charge >= 0.3 is 0 Å². The highest BCUT2D eigenvalue weighted by atomic mass is 35.5. The van der Waals surface area contributed by atoms with Gasteiger partial charge in [0.25, 0.3) is 5.91 Å². The summed E-state index contributed by atoms with van der Waals surface area (Å²) in [4.78, 5) is 26.0. The quantitative estimate of drug-likeness (QED) is 0.262. The highest BCUT2D eigenvalue weighted by Gasteiger charge is 2.23. The predicted octanol–water partition coefficient (Wildman–Crippen LogP) is 6.83. The minimum atomic E-state index is -0.496. The molecule has 5 aromatic rings. The van der Waals surface area contributed by atoms with E-state index in [0.717, 1.165) is 0 Å². The number of furan rings is 2. The van der Waals surface area contributed by atoms with E-state index < -0.39 is 11.7 Å². The fourth-order valence-corrected chi connectivity index (χ4v) is 4.03. The van der Waals surface area contributed by atoms with Crippen LogP contribution < -0.4 is 10.6 Å². The van der Waals surface area contributed by atoms with Crippen molar-refractivity contribution in [3.05, 3.63) is 94.7 Å². The monoisotopic (exact) mass is 476 g/mol. The Hall–Kier alpha value is -4.10. The lowest BCUT2D eigenvalue weighted by molar-refractivity contribution is 0.0976. The number of nitrogens with one attached hydrogen (secondary N) is 2. The number of para-hydroxylation sites is 1. The van der Waals surface area contributed by atoms with Crippen LogP contribution in [0.4, 0.5) is 15.8 Å². The maximum Gasteiger partial charge on any atom is 0.293 e. The molecule has 5 rings (SSSR count). The Bertz CT molecular complexity index is 1570. The van der Waals surface area contributed by atoms with Crippen LogP contribution in [0.25, 0.3) is 21.9 Å². The van der Waals surface area contributed by atoms with Crippen LogP contribution in [0, 0.1) is 12.7 Å². The number of anilines is 2. The van der Waals surface area contributed by atoms with Gasteiger partial charge in [0.15, 0.2) is 5.76 Å². The standard InChI is InChI=1S/C26H18ClFN2O4/c1-14-19-12-16(28)9-10-22(19)33-24(14)20(31)13-29-23-18-7-2-3-8-21(18)34-25(23)26(32)30-17-6-4-5-15(27)11-17/h2-12,29H,13H2,1H3,(H,30,32). The van der Waals surface area contributed by atoms with Gasteiger partial charge in [-0.05, 0) is 55.5 Å². The molecule has 8 heteroatoms. The van der Waals surface area contributed by atoms with Crippen LogP contribution in [0.3, 0.4) is 0 Å². The van der Waals surface area contributed by atoms with Crippen molar-refractivity contribution in [1.29, 1.82) is 0 Å². The highest BCUT2D eigenvalue weighted by molar-refractivity contribution is 6.31. The summed E-state index contributed by atoms with van der Waals surface area (Å²) in [6.07, 6.45) is 0. The molecule has 0 aliphatic carbocycles. The minimum absolute atomic E-state index is 0.0253. The summed E-state index contributed by atoms with van der Waals surface area (Å²) in [5.41, 5.74) is 2.35. The lowest BCUT2D eigenvalue weighted by Gasteiger charge is -2.08. The van der Waals surface area contributed by atoms with Crippen LogP contribution in [-0.4, -0.2) is 18.2 Å². The number of hydrogen-bond donors (Lipinski definition) is 2. The van der Waals surface area contributed by atoms with Gasteiger partial charge in [0, 0.05) is 27.0 Å². The molecule has 0 fully saturated rings. The molecule has 0 saturated heterocycles. The first-order chi connectivity index (χ1) is 16.4. The van der Waals surface area contributed by atoms with Crippen LogP contribution in [0.5, 0.6) is 0 Å². The molecule has 2 heterocycles. The van der Waals surface area contributed by atoms with Crippen LogP contribution >= 0.6 is 11.6 Å². The van der Waals surface area contributed by atoms with Crippen LogP contribution in [0.2, 0.25) is 5.02 Å². The Labute approximate surface area is 198 Å². The van der Waals surface area contributed by atoms with Gasteiger partial charge in [0.05, 0.1) is 12.2 Å². The molecule has 6 nitrogen and oxygen atoms in total. The van der Waals surface area contributed by atoms with Gasteiger partial charge in [-0.25, -0.2) is 4.39 Å². The Morgan fingerprint density at radius 1 is 0.912 bits per heavy atom. The number of carbonyl (C=O) groups is 2. The second kappa shape index (κ2) is 8.68. The van der Waals surface area contributed by atoms with Crippen LogP contribution in [0.15, 0.2) is 75.6 Å². The molecule has 0 unspecified atom stereocenters. The van der Waals surface area contributed by atoms with Crippen molar-refractivity contribution < 1.29 is 22.8 Å². The zero-order valence-electron chi connectivity index (χ0n) is 17.9. The van der Waals surface area contributed by atoms with Crippen LogP contribution in [0.1, 0.15) is 26.7 Å². The Kier molecular flexibility index (Phi) is 5.55. The van der Waals surface area contributed by atoms with E-state index in [1.165, 1.54) is 18.2 Å². The van der Waals surface area contributed by atoms with Crippen molar-refractivity contribution in [2.24, 2.45) is 0 Å². The van der Waals surface area contributed by atoms with Gasteiger partial charge in [0.1, 0.15) is 17.0 Å². The van der Waals surface area contributed by atoms with Crippen molar-refractivity contribution in [1.82, 2.24) is 0 Å². The molecule has 0 aliphatic heterocycles. The van der Waals surface area contributed by atoms with Crippen molar-refractivity contribution in [2.75, 3.05) is 17.2 Å². The molecule has 0 spiro atoms. The molecular formula is C26H18ClFN2O4. The van der Waals surface area contributed by atoms with Crippen LogP contribution in [-0.2, 0) is 0 Å². The molecule has 0 bridgehead atoms. The van der Waals surface area contributed by atoms with E-state index in [-0.39, 0.29) is 23.8 Å². The van der Waals surface area contributed by atoms with Crippen molar-refractivity contribution >= 4 is 56.6 Å². The van der Waals surface area contributed by atoms with Gasteiger partial charge in [-0.3, -0.25) is 9.59 Å². The summed E-state index contributed by atoms with van der Waals surface area (Å²) in [6.45, 7) is 1.54. The lowest BCUT2D eigenvalue weighted by atomic mass is 10.1. The third-order valence-electron chi connectivity index (χ3n) is 5.46. The summed E-state index contributed by atoms with van der Waals surface area (Å²) in [5.74, 6) is -1.10. The molecule has 170 valence electrons. The number of rotatable bonds is 6. The third-order valence-corrected chi connectivity index (χ3v) is 5.70. The number of hydrogen-bond acceptors (Lipinski definition) is 5. The topological polar surface area (TPSA) is 84.5 Å². The number of amides is 1. The average molecular weight is 477 g/mol. The van der Waals surface area contributed by atoms with Crippen molar-refractivity contribution in [3.63, 3.8) is 0 Å². The first-order valence-corrected chi connectivity index (χ1v) is 10.8. The molecular weight excluding hydrogens is 459 g/mol. The third kappa shape index (κ3) is 4.02. The smallest absolute Gasteiger partial charge is 0.293 e. The minimum Gasteiger partial charge on any atom is -0.453 e. The summed E-state index contributed by atoms with van der Waals surface area (Å²) in [7, 11) is 0. The Balaban J connectivity index is 1.44. The fraction of sp³-hybridized carbons (Fsp3) is 0.0769. The zero-order valence-corrected chi connectivity index (χ0v) is 18.7. The summed E-state index contributed by atoms with van der Waals surface area (Å²) in [6, 6.07) is 18.0. The number of carbonyl (C=O) groups excluding carboxylic acids is 2. The van der Waals surface area contributed by atoms with Gasteiger partial charge in [0.2, 0.25) is 11.5 Å². The number of Topliss-reactive ketones (excluding diaryl/α,β-unsaturated/α-hetero) is 1. The first-order valence-electron chi connectivity index (χ1n) is 10.4. The number of benzene rings is 3. The molecule has 2 aromatic heterocycles. The normalized spacial score (nSPS) is 11.1. The van der Waals surface area contributed by atoms with E-state index in [1.807, 2.05) is 0 Å². The molecule has 0 atom stereocenters.